The van der Waals surface area contributed by atoms with Gasteiger partial charge in [-0.3, -0.25) is 5.43 Å². The van der Waals surface area contributed by atoms with E-state index in [1.54, 1.807) is 0 Å². The van der Waals surface area contributed by atoms with Gasteiger partial charge in [0.15, 0.2) is 23.5 Å². The predicted octanol–water partition coefficient (Wildman–Crippen LogP) is 3.41. The molecule has 6 rings (SSSR count). The minimum Gasteiger partial charge on any atom is -0.490 e. The van der Waals surface area contributed by atoms with Crippen LogP contribution in [0.4, 0.5) is 0 Å². The molecule has 0 aliphatic carbocycles. The molecule has 35 heavy (non-hydrogen) atoms. The Bertz CT molecular complexity index is 1230. The molecule has 2 N–H and O–H groups in total. The number of furan rings is 1. The van der Waals surface area contributed by atoms with E-state index in [9.17, 15) is 5.11 Å². The van der Waals surface area contributed by atoms with Crippen molar-refractivity contribution in [3.05, 3.63) is 53.8 Å². The number of hydrogen-bond acceptors (Lipinski definition) is 9. The van der Waals surface area contributed by atoms with Gasteiger partial charge in [-0.05, 0) is 68.6 Å². The van der Waals surface area contributed by atoms with Gasteiger partial charge in [0, 0.05) is 12.6 Å². The van der Waals surface area contributed by atoms with Crippen LogP contribution in [0, 0.1) is 0 Å². The molecule has 2 atom stereocenters. The summed E-state index contributed by atoms with van der Waals surface area (Å²) in [5.41, 5.74) is 4.83. The molecule has 0 bridgehead atoms. The molecule has 9 heteroatoms. The minimum absolute atomic E-state index is 0.189. The molecule has 2 aromatic carbocycles. The van der Waals surface area contributed by atoms with Crippen molar-refractivity contribution in [2.24, 2.45) is 5.10 Å². The van der Waals surface area contributed by atoms with Crippen LogP contribution in [-0.2, 0) is 4.74 Å². The highest BCUT2D eigenvalue weighted by atomic mass is 16.7. The largest absolute Gasteiger partial charge is 0.490 e. The summed E-state index contributed by atoms with van der Waals surface area (Å²) < 4.78 is 28.4. The summed E-state index contributed by atoms with van der Waals surface area (Å²) in [7, 11) is 0. The van der Waals surface area contributed by atoms with Gasteiger partial charge in [0.2, 0.25) is 6.79 Å². The van der Waals surface area contributed by atoms with Crippen LogP contribution in [-0.4, -0.2) is 61.3 Å². The number of aliphatic hydroxyl groups excluding tert-OH is 1. The number of piperidine rings is 1. The summed E-state index contributed by atoms with van der Waals surface area (Å²) in [4.78, 5) is 2.30. The van der Waals surface area contributed by atoms with Crippen molar-refractivity contribution < 1.29 is 28.5 Å². The molecule has 1 fully saturated rings. The maximum Gasteiger partial charge on any atom is 0.276 e. The SMILES string of the molecule is CC1NN=C(c2cc3c(OC[C@@H](O)CN4CCC(c5ccc6c(c5)OCO6)CC4)cccc3o2)O1. The fourth-order valence-electron chi connectivity index (χ4n) is 4.90. The van der Waals surface area contributed by atoms with E-state index in [1.165, 1.54) is 5.56 Å². The second-order valence-corrected chi connectivity index (χ2v) is 9.24. The number of fused-ring (bicyclic) bond motifs is 2. The zero-order chi connectivity index (χ0) is 23.8. The summed E-state index contributed by atoms with van der Waals surface area (Å²) in [6, 6.07) is 13.7. The number of nitrogens with one attached hydrogen (secondary N) is 1. The van der Waals surface area contributed by atoms with E-state index in [1.807, 2.05) is 37.3 Å². The lowest BCUT2D eigenvalue weighted by atomic mass is 9.89. The van der Waals surface area contributed by atoms with E-state index in [4.69, 9.17) is 23.4 Å². The standard InChI is InChI=1S/C26H29N3O6/c1-16-27-28-26(34-16)25-12-20-21(3-2-4-22(20)35-25)31-14-19(30)13-29-9-7-17(8-10-29)18-5-6-23-24(11-18)33-15-32-23/h2-6,11-12,16-17,19,27,30H,7-10,13-15H2,1H3/t16?,19-/m0/s1. The molecule has 1 unspecified atom stereocenters. The normalized spacial score (nSPS) is 21.0. The van der Waals surface area contributed by atoms with Crippen molar-refractivity contribution in [2.45, 2.75) is 38.0 Å². The molecule has 1 saturated heterocycles. The van der Waals surface area contributed by atoms with Gasteiger partial charge in [-0.25, -0.2) is 0 Å². The quantitative estimate of drug-likeness (QED) is 0.532. The molecule has 1 aromatic heterocycles. The van der Waals surface area contributed by atoms with Crippen molar-refractivity contribution in [1.82, 2.24) is 10.3 Å². The predicted molar refractivity (Wildman–Crippen MR) is 129 cm³/mol. The van der Waals surface area contributed by atoms with E-state index >= 15 is 0 Å². The summed E-state index contributed by atoms with van der Waals surface area (Å²) in [6.45, 7) is 4.83. The van der Waals surface area contributed by atoms with Gasteiger partial charge in [-0.15, -0.1) is 5.10 Å². The molecular weight excluding hydrogens is 450 g/mol. The van der Waals surface area contributed by atoms with Crippen LogP contribution in [0.15, 0.2) is 52.0 Å². The monoisotopic (exact) mass is 479 g/mol. The van der Waals surface area contributed by atoms with Gasteiger partial charge in [-0.1, -0.05) is 12.1 Å². The molecule has 4 heterocycles. The molecule has 3 aromatic rings. The van der Waals surface area contributed by atoms with Crippen LogP contribution in [0.2, 0.25) is 0 Å². The van der Waals surface area contributed by atoms with Gasteiger partial charge in [0.25, 0.3) is 5.90 Å². The van der Waals surface area contributed by atoms with E-state index in [0.717, 1.165) is 42.8 Å². The molecular formula is C26H29N3O6. The number of hydrazone groups is 1. The second kappa shape index (κ2) is 9.31. The summed E-state index contributed by atoms with van der Waals surface area (Å²) in [6.07, 6.45) is 1.31. The van der Waals surface area contributed by atoms with Crippen molar-refractivity contribution in [2.75, 3.05) is 33.0 Å². The van der Waals surface area contributed by atoms with Crippen LogP contribution in [0.3, 0.4) is 0 Å². The Labute approximate surface area is 203 Å². The van der Waals surface area contributed by atoms with E-state index < -0.39 is 6.10 Å². The van der Waals surface area contributed by atoms with Gasteiger partial charge in [-0.2, -0.15) is 0 Å². The molecule has 0 spiro atoms. The third-order valence-electron chi connectivity index (χ3n) is 6.72. The zero-order valence-corrected chi connectivity index (χ0v) is 19.6. The zero-order valence-electron chi connectivity index (χ0n) is 19.6. The second-order valence-electron chi connectivity index (χ2n) is 9.24. The molecule has 0 radical (unpaired) electrons. The van der Waals surface area contributed by atoms with Crippen molar-refractivity contribution in [3.63, 3.8) is 0 Å². The van der Waals surface area contributed by atoms with Crippen molar-refractivity contribution in [1.29, 1.82) is 0 Å². The number of benzene rings is 2. The number of rotatable bonds is 7. The Morgan fingerprint density at radius 2 is 2.00 bits per heavy atom. The average Bonchev–Trinajstić information content (AvgIpc) is 3.62. The van der Waals surface area contributed by atoms with Crippen LogP contribution < -0.4 is 19.6 Å². The first-order valence-corrected chi connectivity index (χ1v) is 12.1. The Kier molecular flexibility index (Phi) is 5.87. The number of aliphatic hydroxyl groups is 1. The Morgan fingerprint density at radius 3 is 2.83 bits per heavy atom. The Hall–Kier alpha value is -3.43. The van der Waals surface area contributed by atoms with E-state index in [2.05, 4.69) is 27.6 Å². The van der Waals surface area contributed by atoms with Crippen LogP contribution in [0.1, 0.15) is 37.0 Å². The molecule has 3 aliphatic rings. The van der Waals surface area contributed by atoms with Crippen LogP contribution in [0.5, 0.6) is 17.2 Å². The van der Waals surface area contributed by atoms with Crippen molar-refractivity contribution in [3.8, 4) is 17.2 Å². The van der Waals surface area contributed by atoms with Crippen molar-refractivity contribution >= 4 is 16.9 Å². The van der Waals surface area contributed by atoms with E-state index in [-0.39, 0.29) is 12.8 Å². The maximum absolute atomic E-state index is 10.7. The van der Waals surface area contributed by atoms with Gasteiger partial charge >= 0.3 is 0 Å². The minimum atomic E-state index is -0.591. The Morgan fingerprint density at radius 1 is 1.14 bits per heavy atom. The third-order valence-corrected chi connectivity index (χ3v) is 6.72. The fourth-order valence-corrected chi connectivity index (χ4v) is 4.90. The smallest absolute Gasteiger partial charge is 0.276 e. The lowest BCUT2D eigenvalue weighted by Gasteiger charge is -2.33. The highest BCUT2D eigenvalue weighted by Gasteiger charge is 2.25. The van der Waals surface area contributed by atoms with Gasteiger partial charge in [0.05, 0.1) is 5.39 Å². The van der Waals surface area contributed by atoms with Gasteiger partial charge in [0.1, 0.15) is 24.0 Å². The highest BCUT2D eigenvalue weighted by Crippen LogP contribution is 2.37. The third kappa shape index (κ3) is 4.61. The molecule has 9 nitrogen and oxygen atoms in total. The summed E-state index contributed by atoms with van der Waals surface area (Å²) >= 11 is 0. The summed E-state index contributed by atoms with van der Waals surface area (Å²) in [5.74, 6) is 3.78. The lowest BCUT2D eigenvalue weighted by molar-refractivity contribution is 0.0599. The van der Waals surface area contributed by atoms with Crippen LogP contribution >= 0.6 is 0 Å². The molecule has 3 aliphatic heterocycles. The van der Waals surface area contributed by atoms with E-state index in [0.29, 0.717) is 42.2 Å². The maximum atomic E-state index is 10.7. The Balaban J connectivity index is 1.02. The lowest BCUT2D eigenvalue weighted by Crippen LogP contribution is -2.40. The first-order chi connectivity index (χ1) is 17.1. The molecule has 0 amide bonds. The number of nitrogens with zero attached hydrogens (tertiary/aromatic N) is 2. The first kappa shape index (κ1) is 22.1. The topological polar surface area (TPSA) is 97.9 Å². The fraction of sp³-hybridized carbons (Fsp3) is 0.423. The number of β-amino-alcohol motifs (C(OH)–C–C–N with tert-alkyl or cyclic N) is 1. The molecule has 184 valence electrons. The highest BCUT2D eigenvalue weighted by molar-refractivity contribution is 5.98. The number of likely N-dealkylation sites (tertiary alicyclic amines) is 1. The number of hydrogen-bond donors (Lipinski definition) is 2. The summed E-state index contributed by atoms with van der Waals surface area (Å²) in [5, 5.41) is 15.6. The number of ether oxygens (including phenoxy) is 4. The van der Waals surface area contributed by atoms with Gasteiger partial charge < -0.3 is 33.4 Å². The average molecular weight is 480 g/mol. The first-order valence-electron chi connectivity index (χ1n) is 12.1. The van der Waals surface area contributed by atoms with Crippen LogP contribution in [0.25, 0.3) is 11.0 Å². The molecule has 0 saturated carbocycles.